The number of aromatic nitrogens is 3. The zero-order valence-corrected chi connectivity index (χ0v) is 10.5. The molecule has 0 spiro atoms. The lowest BCUT2D eigenvalue weighted by Gasteiger charge is -2.26. The van der Waals surface area contributed by atoms with Crippen LogP contribution in [0.25, 0.3) is 0 Å². The van der Waals surface area contributed by atoms with Gasteiger partial charge in [0, 0.05) is 20.1 Å². The van der Waals surface area contributed by atoms with Gasteiger partial charge < -0.3 is 10.4 Å². The van der Waals surface area contributed by atoms with Gasteiger partial charge >= 0.3 is 0 Å². The number of aliphatic hydroxyl groups is 1. The molecule has 1 fully saturated rings. The van der Waals surface area contributed by atoms with Crippen molar-refractivity contribution in [2.75, 3.05) is 6.54 Å². The van der Waals surface area contributed by atoms with Gasteiger partial charge in [0.15, 0.2) is 0 Å². The smallest absolute Gasteiger partial charge is 0.0771 e. The zero-order valence-electron chi connectivity index (χ0n) is 10.5. The first-order valence-corrected chi connectivity index (χ1v) is 6.46. The van der Waals surface area contributed by atoms with Crippen LogP contribution in [0, 0.1) is 0 Å². The third-order valence-electron chi connectivity index (χ3n) is 3.60. The summed E-state index contributed by atoms with van der Waals surface area (Å²) in [4.78, 5) is 0. The number of nitrogens with zero attached hydrogens (tertiary/aromatic N) is 3. The maximum Gasteiger partial charge on any atom is 0.0771 e. The summed E-state index contributed by atoms with van der Waals surface area (Å²) in [5.74, 6) is 0. The van der Waals surface area contributed by atoms with Gasteiger partial charge in [-0.1, -0.05) is 30.9 Å². The second kappa shape index (κ2) is 5.60. The lowest BCUT2D eigenvalue weighted by molar-refractivity contribution is 0.0249. The number of hydrogen-bond acceptors (Lipinski definition) is 4. The Kier molecular flexibility index (Phi) is 4.12. The first-order valence-electron chi connectivity index (χ1n) is 6.46. The third-order valence-corrected chi connectivity index (χ3v) is 3.60. The molecular formula is C12H22N4O. The third kappa shape index (κ3) is 3.51. The van der Waals surface area contributed by atoms with Crippen molar-refractivity contribution in [1.29, 1.82) is 0 Å². The predicted molar refractivity (Wildman–Crippen MR) is 65.4 cm³/mol. The lowest BCUT2D eigenvalue weighted by Crippen LogP contribution is -2.40. The summed E-state index contributed by atoms with van der Waals surface area (Å²) in [6.45, 7) is 1.38. The lowest BCUT2D eigenvalue weighted by atomic mass is 9.94. The topological polar surface area (TPSA) is 63.0 Å². The van der Waals surface area contributed by atoms with Gasteiger partial charge in [0.25, 0.3) is 0 Å². The first-order chi connectivity index (χ1) is 8.20. The Hall–Kier alpha value is -0.940. The highest BCUT2D eigenvalue weighted by atomic mass is 16.3. The molecule has 1 aromatic heterocycles. The Morgan fingerprint density at radius 1 is 1.35 bits per heavy atom. The van der Waals surface area contributed by atoms with E-state index in [1.54, 1.807) is 10.9 Å². The molecule has 0 unspecified atom stereocenters. The molecule has 5 heteroatoms. The number of rotatable bonds is 4. The van der Waals surface area contributed by atoms with E-state index in [0.29, 0.717) is 13.1 Å². The summed E-state index contributed by atoms with van der Waals surface area (Å²) in [6, 6.07) is 0. The molecule has 0 aliphatic heterocycles. The predicted octanol–water partition coefficient (Wildman–Crippen LogP) is 0.990. The average molecular weight is 238 g/mol. The van der Waals surface area contributed by atoms with Crippen LogP contribution in [-0.2, 0) is 13.6 Å². The monoisotopic (exact) mass is 238 g/mol. The summed E-state index contributed by atoms with van der Waals surface area (Å²) in [5, 5.41) is 21.5. The van der Waals surface area contributed by atoms with E-state index in [0.717, 1.165) is 31.4 Å². The fourth-order valence-electron chi connectivity index (χ4n) is 2.46. The Labute approximate surface area is 102 Å². The van der Waals surface area contributed by atoms with E-state index in [9.17, 15) is 5.11 Å². The van der Waals surface area contributed by atoms with E-state index in [-0.39, 0.29) is 0 Å². The molecule has 2 rings (SSSR count). The molecule has 2 N–H and O–H groups in total. The quantitative estimate of drug-likeness (QED) is 0.768. The molecule has 0 saturated heterocycles. The highest BCUT2D eigenvalue weighted by Crippen LogP contribution is 2.26. The van der Waals surface area contributed by atoms with E-state index >= 15 is 0 Å². The maximum absolute atomic E-state index is 10.4. The molecule has 1 saturated carbocycles. The molecule has 17 heavy (non-hydrogen) atoms. The summed E-state index contributed by atoms with van der Waals surface area (Å²) >= 11 is 0. The van der Waals surface area contributed by atoms with Crippen molar-refractivity contribution in [3.05, 3.63) is 11.9 Å². The van der Waals surface area contributed by atoms with E-state index in [1.807, 2.05) is 7.05 Å². The second-order valence-corrected chi connectivity index (χ2v) is 5.09. The highest BCUT2D eigenvalue weighted by molar-refractivity contribution is 4.93. The highest BCUT2D eigenvalue weighted by Gasteiger charge is 2.27. The van der Waals surface area contributed by atoms with E-state index < -0.39 is 5.60 Å². The van der Waals surface area contributed by atoms with Crippen molar-refractivity contribution in [3.63, 3.8) is 0 Å². The van der Waals surface area contributed by atoms with Crippen LogP contribution in [0.4, 0.5) is 0 Å². The van der Waals surface area contributed by atoms with Crippen LogP contribution in [0.15, 0.2) is 6.20 Å². The van der Waals surface area contributed by atoms with Crippen molar-refractivity contribution in [3.8, 4) is 0 Å². The van der Waals surface area contributed by atoms with Gasteiger partial charge in [-0.15, -0.1) is 5.10 Å². The van der Waals surface area contributed by atoms with Gasteiger partial charge in [-0.3, -0.25) is 4.68 Å². The summed E-state index contributed by atoms with van der Waals surface area (Å²) < 4.78 is 1.75. The van der Waals surface area contributed by atoms with Crippen LogP contribution < -0.4 is 5.32 Å². The van der Waals surface area contributed by atoms with Gasteiger partial charge in [0.2, 0.25) is 0 Å². The van der Waals surface area contributed by atoms with Gasteiger partial charge in [0.1, 0.15) is 0 Å². The second-order valence-electron chi connectivity index (χ2n) is 5.09. The van der Waals surface area contributed by atoms with Crippen LogP contribution in [0.3, 0.4) is 0 Å². The van der Waals surface area contributed by atoms with Crippen molar-refractivity contribution in [2.24, 2.45) is 7.05 Å². The summed E-state index contributed by atoms with van der Waals surface area (Å²) in [6.07, 6.45) is 8.40. The SMILES string of the molecule is Cn1nncc1CNCC1(O)CCCCCC1. The Morgan fingerprint density at radius 2 is 2.06 bits per heavy atom. The fraction of sp³-hybridized carbons (Fsp3) is 0.833. The molecule has 1 aliphatic carbocycles. The molecule has 0 bridgehead atoms. The van der Waals surface area contributed by atoms with Crippen LogP contribution in [0.5, 0.6) is 0 Å². The Balaban J connectivity index is 1.79. The van der Waals surface area contributed by atoms with Gasteiger partial charge in [-0.25, -0.2) is 0 Å². The Morgan fingerprint density at radius 3 is 2.65 bits per heavy atom. The fourth-order valence-corrected chi connectivity index (χ4v) is 2.46. The van der Waals surface area contributed by atoms with Gasteiger partial charge in [-0.2, -0.15) is 0 Å². The average Bonchev–Trinajstić information content (AvgIpc) is 2.58. The van der Waals surface area contributed by atoms with E-state index in [4.69, 9.17) is 0 Å². The normalized spacial score (nSPS) is 20.1. The molecule has 0 aromatic carbocycles. The summed E-state index contributed by atoms with van der Waals surface area (Å²) in [5.41, 5.74) is 0.532. The van der Waals surface area contributed by atoms with Crippen LogP contribution in [0.1, 0.15) is 44.2 Å². The van der Waals surface area contributed by atoms with Gasteiger partial charge in [-0.05, 0) is 12.8 Å². The molecule has 1 aromatic rings. The van der Waals surface area contributed by atoms with Crippen molar-refractivity contribution < 1.29 is 5.11 Å². The molecule has 0 atom stereocenters. The molecule has 0 amide bonds. The maximum atomic E-state index is 10.4. The van der Waals surface area contributed by atoms with E-state index in [2.05, 4.69) is 15.6 Å². The number of hydrogen-bond donors (Lipinski definition) is 2. The molecule has 96 valence electrons. The summed E-state index contributed by atoms with van der Waals surface area (Å²) in [7, 11) is 1.88. The molecule has 1 aliphatic rings. The van der Waals surface area contributed by atoms with Crippen LogP contribution in [0.2, 0.25) is 0 Å². The molecular weight excluding hydrogens is 216 g/mol. The first kappa shape index (κ1) is 12.5. The molecule has 5 nitrogen and oxygen atoms in total. The standard InChI is InChI=1S/C12H22N4O/c1-16-11(9-14-15-16)8-13-10-12(17)6-4-2-3-5-7-12/h9,13,17H,2-8,10H2,1H3. The van der Waals surface area contributed by atoms with Crippen LogP contribution >= 0.6 is 0 Å². The number of nitrogens with one attached hydrogen (secondary N) is 1. The van der Waals surface area contributed by atoms with E-state index in [1.165, 1.54) is 12.8 Å². The number of aryl methyl sites for hydroxylation is 1. The minimum atomic E-state index is -0.511. The minimum Gasteiger partial charge on any atom is -0.389 e. The molecule has 1 heterocycles. The van der Waals surface area contributed by atoms with Gasteiger partial charge in [0.05, 0.1) is 17.5 Å². The van der Waals surface area contributed by atoms with Crippen molar-refractivity contribution in [2.45, 2.75) is 50.7 Å². The van der Waals surface area contributed by atoms with Crippen molar-refractivity contribution in [1.82, 2.24) is 20.3 Å². The minimum absolute atomic E-state index is 0.511. The molecule has 0 radical (unpaired) electrons. The zero-order chi connectivity index (χ0) is 12.1. The Bertz CT molecular complexity index is 342. The van der Waals surface area contributed by atoms with Crippen LogP contribution in [-0.4, -0.2) is 32.2 Å². The van der Waals surface area contributed by atoms with Crippen molar-refractivity contribution >= 4 is 0 Å². The largest absolute Gasteiger partial charge is 0.389 e.